The predicted molar refractivity (Wildman–Crippen MR) is 124 cm³/mol. The molecule has 0 saturated carbocycles. The van der Waals surface area contributed by atoms with Crippen molar-refractivity contribution in [3.63, 3.8) is 0 Å². The summed E-state index contributed by atoms with van der Waals surface area (Å²) >= 11 is 0. The van der Waals surface area contributed by atoms with Crippen LogP contribution >= 0.6 is 0 Å². The highest BCUT2D eigenvalue weighted by Gasteiger charge is 2.53. The van der Waals surface area contributed by atoms with E-state index in [9.17, 15) is 8.42 Å². The Morgan fingerprint density at radius 1 is 1.39 bits per heavy atom. The van der Waals surface area contributed by atoms with Crippen molar-refractivity contribution in [1.82, 2.24) is 15.1 Å². The first-order valence-electron chi connectivity index (χ1n) is 11.5. The first-order valence-corrected chi connectivity index (χ1v) is 13.3. The maximum absolute atomic E-state index is 11.6. The van der Waals surface area contributed by atoms with Crippen molar-refractivity contribution in [3.05, 3.63) is 35.5 Å². The lowest BCUT2D eigenvalue weighted by Gasteiger charge is -2.38. The first-order chi connectivity index (χ1) is 15.7. The van der Waals surface area contributed by atoms with Crippen LogP contribution in [0.5, 0.6) is 5.75 Å². The minimum Gasteiger partial charge on any atom is -0.479 e. The highest BCUT2D eigenvalue weighted by Crippen LogP contribution is 2.42. The van der Waals surface area contributed by atoms with Gasteiger partial charge in [0.1, 0.15) is 24.2 Å². The zero-order valence-corrected chi connectivity index (χ0v) is 20.1. The first kappa shape index (κ1) is 22.4. The molecule has 1 N–H and O–H groups in total. The third kappa shape index (κ3) is 4.39. The fraction of sp³-hybridized carbons (Fsp3) is 0.583. The molecule has 3 aliphatic rings. The van der Waals surface area contributed by atoms with Crippen LogP contribution in [0.3, 0.4) is 0 Å². The number of nitriles is 1. The summed E-state index contributed by atoms with van der Waals surface area (Å²) in [6, 6.07) is 10.0. The van der Waals surface area contributed by atoms with Gasteiger partial charge in [-0.2, -0.15) is 10.4 Å². The molecule has 3 unspecified atom stereocenters. The fourth-order valence-electron chi connectivity index (χ4n) is 5.40. The summed E-state index contributed by atoms with van der Waals surface area (Å²) in [6.45, 7) is 6.26. The third-order valence-corrected chi connectivity index (χ3v) is 8.95. The highest BCUT2D eigenvalue weighted by atomic mass is 32.2. The highest BCUT2D eigenvalue weighted by molar-refractivity contribution is 7.93. The SMILES string of the molecule is CC(C)n1nc(-c2cccc(OCC#N)c2)c2c1CC(C1OC1NC1(C)CS(=O)(=O)C1)CC2. The molecule has 0 bridgehead atoms. The van der Waals surface area contributed by atoms with Crippen LogP contribution in [0.2, 0.25) is 0 Å². The molecular formula is C24H30N4O4S. The molecule has 2 aliphatic heterocycles. The summed E-state index contributed by atoms with van der Waals surface area (Å²) in [5, 5.41) is 17.2. The van der Waals surface area contributed by atoms with E-state index in [1.807, 2.05) is 37.3 Å². The molecule has 1 aromatic carbocycles. The summed E-state index contributed by atoms with van der Waals surface area (Å²) in [5.74, 6) is 1.41. The molecular weight excluding hydrogens is 440 g/mol. The van der Waals surface area contributed by atoms with E-state index in [0.29, 0.717) is 11.7 Å². The third-order valence-electron chi connectivity index (χ3n) is 6.80. The average molecular weight is 471 g/mol. The van der Waals surface area contributed by atoms with Crippen LogP contribution in [0.4, 0.5) is 0 Å². The topological polar surface area (TPSA) is 110 Å². The van der Waals surface area contributed by atoms with Crippen molar-refractivity contribution >= 4 is 9.84 Å². The van der Waals surface area contributed by atoms with Crippen LogP contribution in [-0.4, -0.2) is 54.2 Å². The van der Waals surface area contributed by atoms with Crippen LogP contribution in [0, 0.1) is 17.2 Å². The predicted octanol–water partition coefficient (Wildman–Crippen LogP) is 2.64. The van der Waals surface area contributed by atoms with Crippen LogP contribution in [-0.2, 0) is 27.4 Å². The van der Waals surface area contributed by atoms with Crippen molar-refractivity contribution in [2.45, 2.75) is 63.9 Å². The normalized spacial score (nSPS) is 26.8. The van der Waals surface area contributed by atoms with Crippen molar-refractivity contribution in [3.8, 4) is 23.1 Å². The summed E-state index contributed by atoms with van der Waals surface area (Å²) in [7, 11) is -2.89. The second-order valence-corrected chi connectivity index (χ2v) is 12.1. The minimum absolute atomic E-state index is 0.0191. The van der Waals surface area contributed by atoms with Gasteiger partial charge in [-0.1, -0.05) is 12.1 Å². The molecule has 1 aliphatic carbocycles. The zero-order valence-electron chi connectivity index (χ0n) is 19.2. The molecule has 9 heteroatoms. The molecule has 0 radical (unpaired) electrons. The lowest BCUT2D eigenvalue weighted by atomic mass is 9.83. The Hall–Kier alpha value is -2.41. The standard InChI is InChI=1S/C24H30N4O4S/c1-15(2)28-20-12-17(22-23(32-22)26-24(3)13-33(29,30)14-24)7-8-19(20)21(27-28)16-5-4-6-18(11-16)31-10-9-25/h4-6,11,15,17,22-23,26H,7-8,10,12-14H2,1-3H3. The number of sulfone groups is 1. The van der Waals surface area contributed by atoms with Gasteiger partial charge in [0.25, 0.3) is 0 Å². The van der Waals surface area contributed by atoms with Crippen molar-refractivity contribution in [2.24, 2.45) is 5.92 Å². The zero-order chi connectivity index (χ0) is 23.4. The second kappa shape index (κ2) is 8.12. The Labute approximate surface area is 194 Å². The minimum atomic E-state index is -2.89. The van der Waals surface area contributed by atoms with Gasteiger partial charge in [0.15, 0.2) is 16.4 Å². The van der Waals surface area contributed by atoms with Crippen LogP contribution < -0.4 is 10.1 Å². The van der Waals surface area contributed by atoms with E-state index >= 15 is 0 Å². The van der Waals surface area contributed by atoms with E-state index in [2.05, 4.69) is 23.8 Å². The van der Waals surface area contributed by atoms with Crippen LogP contribution in [0.25, 0.3) is 11.3 Å². The van der Waals surface area contributed by atoms with Gasteiger partial charge in [-0.15, -0.1) is 0 Å². The summed E-state index contributed by atoms with van der Waals surface area (Å²) in [4.78, 5) is 0. The van der Waals surface area contributed by atoms with Gasteiger partial charge in [-0.05, 0) is 58.1 Å². The van der Waals surface area contributed by atoms with Gasteiger partial charge < -0.3 is 9.47 Å². The van der Waals surface area contributed by atoms with E-state index in [4.69, 9.17) is 19.8 Å². The van der Waals surface area contributed by atoms with Gasteiger partial charge in [0.05, 0.1) is 17.2 Å². The smallest absolute Gasteiger partial charge is 0.174 e. The number of epoxide rings is 1. The van der Waals surface area contributed by atoms with Gasteiger partial charge in [0.2, 0.25) is 0 Å². The van der Waals surface area contributed by atoms with E-state index < -0.39 is 9.84 Å². The van der Waals surface area contributed by atoms with Crippen molar-refractivity contribution in [2.75, 3.05) is 18.1 Å². The molecule has 3 atom stereocenters. The Morgan fingerprint density at radius 3 is 2.88 bits per heavy atom. The lowest BCUT2D eigenvalue weighted by molar-refractivity contribution is 0.266. The van der Waals surface area contributed by atoms with E-state index in [1.165, 1.54) is 11.3 Å². The molecule has 0 amide bonds. The van der Waals surface area contributed by atoms with Gasteiger partial charge in [0, 0.05) is 28.4 Å². The molecule has 8 nitrogen and oxygen atoms in total. The number of fused-ring (bicyclic) bond motifs is 1. The summed E-state index contributed by atoms with van der Waals surface area (Å²) < 4.78 is 36.8. The summed E-state index contributed by atoms with van der Waals surface area (Å²) in [6.07, 6.45) is 2.86. The quantitative estimate of drug-likeness (QED) is 0.620. The Bertz CT molecular complexity index is 1200. The van der Waals surface area contributed by atoms with E-state index in [0.717, 1.165) is 30.5 Å². The van der Waals surface area contributed by atoms with Gasteiger partial charge in [-0.3, -0.25) is 10.00 Å². The lowest BCUT2D eigenvalue weighted by Crippen LogP contribution is -2.63. The molecule has 1 aromatic heterocycles. The largest absolute Gasteiger partial charge is 0.479 e. The maximum Gasteiger partial charge on any atom is 0.174 e. The number of benzene rings is 1. The second-order valence-electron chi connectivity index (χ2n) is 10.0. The summed E-state index contributed by atoms with van der Waals surface area (Å²) in [5.41, 5.74) is 4.15. The molecule has 2 saturated heterocycles. The molecule has 33 heavy (non-hydrogen) atoms. The number of nitrogens with one attached hydrogen (secondary N) is 1. The number of rotatable bonds is 7. The monoisotopic (exact) mass is 470 g/mol. The Morgan fingerprint density at radius 2 is 2.18 bits per heavy atom. The average Bonchev–Trinajstić information content (AvgIpc) is 3.38. The van der Waals surface area contributed by atoms with Gasteiger partial charge in [-0.25, -0.2) is 8.42 Å². The Balaban J connectivity index is 1.34. The number of aromatic nitrogens is 2. The number of hydrogen-bond acceptors (Lipinski definition) is 7. The molecule has 3 heterocycles. The number of nitrogens with zero attached hydrogens (tertiary/aromatic N) is 3. The molecule has 0 spiro atoms. The van der Waals surface area contributed by atoms with Crippen LogP contribution in [0.1, 0.15) is 44.5 Å². The van der Waals surface area contributed by atoms with Crippen LogP contribution in [0.15, 0.2) is 24.3 Å². The van der Waals surface area contributed by atoms with Gasteiger partial charge >= 0.3 is 0 Å². The molecule has 176 valence electrons. The Kier molecular flexibility index (Phi) is 5.51. The van der Waals surface area contributed by atoms with Crippen molar-refractivity contribution < 1.29 is 17.9 Å². The molecule has 2 fully saturated rings. The molecule has 5 rings (SSSR count). The maximum atomic E-state index is 11.6. The number of ether oxygens (including phenoxy) is 2. The van der Waals surface area contributed by atoms with Crippen molar-refractivity contribution in [1.29, 1.82) is 5.26 Å². The van der Waals surface area contributed by atoms with E-state index in [1.54, 1.807) is 0 Å². The number of hydrogen-bond donors (Lipinski definition) is 1. The fourth-order valence-corrected chi connectivity index (χ4v) is 7.43. The van der Waals surface area contributed by atoms with E-state index in [-0.39, 0.29) is 42.0 Å². The molecule has 2 aromatic rings.